The van der Waals surface area contributed by atoms with Crippen LogP contribution in [0.4, 0.5) is 15.2 Å². The van der Waals surface area contributed by atoms with Crippen LogP contribution in [0.2, 0.25) is 5.02 Å². The number of thioether (sulfide) groups is 1. The number of rotatable bonds is 6. The summed E-state index contributed by atoms with van der Waals surface area (Å²) >= 11 is 8.82. The van der Waals surface area contributed by atoms with E-state index in [9.17, 15) is 14.9 Å². The first kappa shape index (κ1) is 28.8. The average Bonchev–Trinajstić information content (AvgIpc) is 3.35. The molecule has 2 aliphatic rings. The maximum absolute atomic E-state index is 15.2. The van der Waals surface area contributed by atoms with Crippen molar-refractivity contribution in [2.24, 2.45) is 11.1 Å². The van der Waals surface area contributed by atoms with E-state index in [-0.39, 0.29) is 51.4 Å². The molecule has 2 heterocycles. The van der Waals surface area contributed by atoms with Crippen molar-refractivity contribution in [3.63, 3.8) is 0 Å². The number of Topliss-reactive ketones (excluding diaryl/α,β-unsaturated/α-hetero) is 1. The maximum Gasteiger partial charge on any atom is 0.234 e. The molecule has 1 aliphatic carbocycles. The predicted molar refractivity (Wildman–Crippen MR) is 159 cm³/mol. The molecule has 5 rings (SSSR count). The molecule has 3 aromatic rings. The number of hydrogen-bond acceptors (Lipinski definition) is 9. The highest BCUT2D eigenvalue weighted by atomic mass is 35.5. The van der Waals surface area contributed by atoms with Gasteiger partial charge in [-0.3, -0.25) is 14.5 Å². The van der Waals surface area contributed by atoms with Gasteiger partial charge in [-0.15, -0.1) is 10.2 Å². The summed E-state index contributed by atoms with van der Waals surface area (Å²) in [4.78, 5) is 27.7. The fourth-order valence-electron chi connectivity index (χ4n) is 5.20. The molecule has 8 nitrogen and oxygen atoms in total. The van der Waals surface area contributed by atoms with Crippen molar-refractivity contribution < 1.29 is 14.0 Å². The zero-order valence-electron chi connectivity index (χ0n) is 22.5. The van der Waals surface area contributed by atoms with E-state index in [0.29, 0.717) is 27.3 Å². The summed E-state index contributed by atoms with van der Waals surface area (Å²) in [6, 6.07) is 13.9. The van der Waals surface area contributed by atoms with E-state index in [0.717, 1.165) is 5.56 Å². The molecule has 1 atom stereocenters. The number of carbonyl (C=O) groups excluding carboxylic acids is 2. The smallest absolute Gasteiger partial charge is 0.234 e. The van der Waals surface area contributed by atoms with Gasteiger partial charge in [0.25, 0.3) is 0 Å². The third-order valence-electron chi connectivity index (χ3n) is 6.89. The van der Waals surface area contributed by atoms with Crippen LogP contribution >= 0.6 is 34.7 Å². The van der Waals surface area contributed by atoms with Crippen molar-refractivity contribution in [1.82, 2.24) is 10.2 Å². The molecule has 0 spiro atoms. The monoisotopic (exact) mass is 608 g/mol. The third-order valence-corrected chi connectivity index (χ3v) is 9.26. The van der Waals surface area contributed by atoms with E-state index in [2.05, 4.69) is 21.6 Å². The van der Waals surface area contributed by atoms with Crippen LogP contribution in [0.25, 0.3) is 0 Å². The van der Waals surface area contributed by atoms with Gasteiger partial charge in [-0.1, -0.05) is 66.7 Å². The van der Waals surface area contributed by atoms with Crippen LogP contribution in [0.5, 0.6) is 0 Å². The van der Waals surface area contributed by atoms with Gasteiger partial charge >= 0.3 is 0 Å². The van der Waals surface area contributed by atoms with E-state index >= 15 is 4.39 Å². The van der Waals surface area contributed by atoms with Gasteiger partial charge in [0, 0.05) is 34.0 Å². The Labute approximate surface area is 250 Å². The van der Waals surface area contributed by atoms with Gasteiger partial charge in [0.15, 0.2) is 10.1 Å². The Hall–Kier alpha value is -3.72. The van der Waals surface area contributed by atoms with Crippen molar-refractivity contribution in [2.45, 2.75) is 43.9 Å². The highest BCUT2D eigenvalue weighted by Gasteiger charge is 2.46. The molecule has 3 N–H and O–H groups in total. The molecule has 1 amide bonds. The number of ketones is 1. The van der Waals surface area contributed by atoms with Crippen molar-refractivity contribution in [3.05, 3.63) is 87.1 Å². The highest BCUT2D eigenvalue weighted by Crippen LogP contribution is 2.52. The van der Waals surface area contributed by atoms with Gasteiger partial charge in [-0.2, -0.15) is 5.26 Å². The summed E-state index contributed by atoms with van der Waals surface area (Å²) in [6.07, 6.45) is 0.644. The first-order chi connectivity index (χ1) is 19.5. The molecule has 1 aliphatic heterocycles. The van der Waals surface area contributed by atoms with Crippen molar-refractivity contribution in [2.75, 3.05) is 16.0 Å². The molecule has 1 unspecified atom stereocenters. The van der Waals surface area contributed by atoms with Crippen LogP contribution in [0.1, 0.15) is 43.7 Å². The average molecular weight is 609 g/mol. The fourth-order valence-corrected chi connectivity index (χ4v) is 7.15. The molecule has 12 heteroatoms. The number of hydrogen-bond donors (Lipinski definition) is 2. The molecule has 0 saturated heterocycles. The number of aromatic nitrogens is 2. The Bertz CT molecular complexity index is 1660. The zero-order chi connectivity index (χ0) is 29.5. The van der Waals surface area contributed by atoms with Crippen molar-refractivity contribution >= 4 is 57.2 Å². The summed E-state index contributed by atoms with van der Waals surface area (Å²) in [5.41, 5.74) is 8.79. The topological polar surface area (TPSA) is 125 Å². The van der Waals surface area contributed by atoms with Gasteiger partial charge in [-0.25, -0.2) is 4.39 Å². The number of anilines is 2. The predicted octanol–water partition coefficient (Wildman–Crippen LogP) is 6.31. The number of amides is 1. The second kappa shape index (κ2) is 11.3. The minimum atomic E-state index is -1.05. The number of nitrogens with zero attached hydrogens (tertiary/aromatic N) is 4. The molecule has 0 radical (unpaired) electrons. The summed E-state index contributed by atoms with van der Waals surface area (Å²) in [6.45, 7) is 5.87. The number of allylic oxidation sites excluding steroid dienone is 3. The molecule has 41 heavy (non-hydrogen) atoms. The van der Waals surface area contributed by atoms with Crippen LogP contribution in [0.3, 0.4) is 0 Å². The van der Waals surface area contributed by atoms with Crippen molar-refractivity contribution in [1.29, 1.82) is 5.26 Å². The van der Waals surface area contributed by atoms with Crippen LogP contribution in [0, 0.1) is 29.5 Å². The Kier molecular flexibility index (Phi) is 7.92. The molecule has 0 bridgehead atoms. The van der Waals surface area contributed by atoms with E-state index in [1.54, 1.807) is 4.90 Å². The SMILES string of the molecule is Cc1cccc(NC(=O)CSc2nnc(N3C(N)=C(C#N)C(c4c(F)cccc4Cl)C4=C3CC(C)(C)CC4=O)s2)c1. The lowest BCUT2D eigenvalue weighted by molar-refractivity contribution is -0.118. The highest BCUT2D eigenvalue weighted by molar-refractivity contribution is 8.01. The molecule has 0 fully saturated rings. The summed E-state index contributed by atoms with van der Waals surface area (Å²) in [5.74, 6) is -1.94. The standard InChI is InChI=1S/C29H26ClFN6O2S2/c1-15-6-4-7-16(10-15)34-22(39)14-40-28-36-35-27(41-28)37-20-11-29(2,3)12-21(38)25(20)23(17(13-32)26(37)33)24-18(30)8-5-9-19(24)31/h4-10,23H,11-12,14,33H2,1-3H3,(H,34,39). The third kappa shape index (κ3) is 5.73. The number of nitrogens with one attached hydrogen (secondary N) is 1. The molecular weight excluding hydrogens is 583 g/mol. The lowest BCUT2D eigenvalue weighted by Crippen LogP contribution is -2.42. The molecule has 210 valence electrons. The van der Waals surface area contributed by atoms with E-state index in [1.807, 2.05) is 45.0 Å². The van der Waals surface area contributed by atoms with Gasteiger partial charge in [0.05, 0.1) is 23.3 Å². The van der Waals surface area contributed by atoms with Gasteiger partial charge in [0.2, 0.25) is 11.0 Å². The van der Waals surface area contributed by atoms with Crippen LogP contribution < -0.4 is 16.0 Å². The number of benzene rings is 2. The van der Waals surface area contributed by atoms with E-state index in [1.165, 1.54) is 41.3 Å². The van der Waals surface area contributed by atoms with E-state index in [4.69, 9.17) is 17.3 Å². The largest absolute Gasteiger partial charge is 0.384 e. The Morgan fingerprint density at radius 2 is 2.05 bits per heavy atom. The number of nitrogens with two attached hydrogens (primary N) is 1. The Morgan fingerprint density at radius 3 is 2.76 bits per heavy atom. The van der Waals surface area contributed by atoms with Gasteiger partial charge in [-0.05, 0) is 48.6 Å². The summed E-state index contributed by atoms with van der Waals surface area (Å²) in [7, 11) is 0. The minimum absolute atomic E-state index is 0.00532. The van der Waals surface area contributed by atoms with Gasteiger partial charge in [0.1, 0.15) is 11.6 Å². The van der Waals surface area contributed by atoms with E-state index < -0.39 is 17.2 Å². The summed E-state index contributed by atoms with van der Waals surface area (Å²) < 4.78 is 15.7. The Morgan fingerprint density at radius 1 is 1.29 bits per heavy atom. The molecule has 0 saturated carbocycles. The van der Waals surface area contributed by atoms with Crippen molar-refractivity contribution in [3.8, 4) is 6.07 Å². The second-order valence-electron chi connectivity index (χ2n) is 10.7. The normalized spacial score (nSPS) is 18.3. The minimum Gasteiger partial charge on any atom is -0.384 e. The van der Waals surface area contributed by atoms with Crippen LogP contribution in [-0.4, -0.2) is 27.6 Å². The molecular formula is C29H26ClFN6O2S2. The maximum atomic E-state index is 15.2. The first-order valence-electron chi connectivity index (χ1n) is 12.7. The number of aryl methyl sites for hydroxylation is 1. The number of nitriles is 1. The van der Waals surface area contributed by atoms with Crippen LogP contribution in [0.15, 0.2) is 69.5 Å². The number of halogens is 2. The molecule has 1 aromatic heterocycles. The molecule has 2 aromatic carbocycles. The lowest BCUT2D eigenvalue weighted by atomic mass is 9.68. The number of carbonyl (C=O) groups is 2. The fraction of sp³-hybridized carbons (Fsp3) is 0.276. The first-order valence-corrected chi connectivity index (χ1v) is 14.9. The van der Waals surface area contributed by atoms with Crippen LogP contribution in [-0.2, 0) is 9.59 Å². The quantitative estimate of drug-likeness (QED) is 0.312. The van der Waals surface area contributed by atoms with Gasteiger partial charge < -0.3 is 11.1 Å². The summed E-state index contributed by atoms with van der Waals surface area (Å²) in [5, 5.41) is 22.0. The zero-order valence-corrected chi connectivity index (χ0v) is 24.9. The second-order valence-corrected chi connectivity index (χ2v) is 13.3. The lowest BCUT2D eigenvalue weighted by Gasteiger charge is -2.42. The Balaban J connectivity index is 1.50.